The Morgan fingerprint density at radius 3 is 3.00 bits per heavy atom. The molecule has 1 heteroatoms. The standard InChI is InChI=1S/C6H4N/c1-2-6-4-3-5-7-6/h1,4-5,7H. The zero-order valence-corrected chi connectivity index (χ0v) is 3.73. The SMILES string of the molecule is C#Cc1c[c]c[nH]1. The molecule has 1 rings (SSSR count). The van der Waals surface area contributed by atoms with Crippen molar-refractivity contribution in [3.8, 4) is 12.3 Å². The molecule has 0 saturated carbocycles. The minimum absolute atomic E-state index is 0.778. The Labute approximate surface area is 42.4 Å². The molecule has 0 aromatic carbocycles. The molecule has 0 saturated heterocycles. The highest BCUT2D eigenvalue weighted by atomic mass is 14.7. The number of hydrogen-bond acceptors (Lipinski definition) is 0. The first-order valence-corrected chi connectivity index (χ1v) is 1.94. The van der Waals surface area contributed by atoms with Crippen molar-refractivity contribution in [3.05, 3.63) is 24.0 Å². The highest BCUT2D eigenvalue weighted by molar-refractivity contribution is 5.22. The van der Waals surface area contributed by atoms with E-state index in [2.05, 4.69) is 17.0 Å². The van der Waals surface area contributed by atoms with Gasteiger partial charge in [-0.1, -0.05) is 5.92 Å². The molecular formula is C6H4N. The Kier molecular flexibility index (Phi) is 0.874. The predicted octanol–water partition coefficient (Wildman–Crippen LogP) is 0.796. The van der Waals surface area contributed by atoms with E-state index >= 15 is 0 Å². The van der Waals surface area contributed by atoms with Gasteiger partial charge >= 0.3 is 0 Å². The van der Waals surface area contributed by atoms with E-state index in [0.717, 1.165) is 5.69 Å². The lowest BCUT2D eigenvalue weighted by Gasteiger charge is -1.70. The molecule has 0 amide bonds. The number of aromatic amines is 1. The molecule has 1 aromatic rings. The van der Waals surface area contributed by atoms with Gasteiger partial charge in [-0.15, -0.1) is 6.42 Å². The van der Waals surface area contributed by atoms with Crippen molar-refractivity contribution in [2.24, 2.45) is 0 Å². The van der Waals surface area contributed by atoms with E-state index in [1.807, 2.05) is 0 Å². The summed E-state index contributed by atoms with van der Waals surface area (Å²) in [4.78, 5) is 2.80. The summed E-state index contributed by atoms with van der Waals surface area (Å²) in [6, 6.07) is 4.50. The first kappa shape index (κ1) is 4.01. The van der Waals surface area contributed by atoms with Gasteiger partial charge in [0.2, 0.25) is 0 Å². The zero-order chi connectivity index (χ0) is 5.11. The lowest BCUT2D eigenvalue weighted by molar-refractivity contribution is 1.37. The monoisotopic (exact) mass is 90.0 g/mol. The molecule has 7 heavy (non-hydrogen) atoms. The van der Waals surface area contributed by atoms with Gasteiger partial charge in [-0.25, -0.2) is 0 Å². The van der Waals surface area contributed by atoms with Crippen molar-refractivity contribution in [3.63, 3.8) is 0 Å². The molecule has 1 radical (unpaired) electrons. The molecule has 0 atom stereocenters. The van der Waals surface area contributed by atoms with Gasteiger partial charge in [-0.2, -0.15) is 0 Å². The fraction of sp³-hybridized carbons (Fsp3) is 0. The Bertz CT molecular complexity index is 167. The second-order valence-electron chi connectivity index (χ2n) is 1.16. The van der Waals surface area contributed by atoms with Gasteiger partial charge in [0.1, 0.15) is 0 Å². The summed E-state index contributed by atoms with van der Waals surface area (Å²) in [7, 11) is 0. The average molecular weight is 90.1 g/mol. The smallest absolute Gasteiger partial charge is 0.0897 e. The van der Waals surface area contributed by atoms with Crippen LogP contribution in [0.4, 0.5) is 0 Å². The third-order valence-corrected chi connectivity index (χ3v) is 0.694. The minimum Gasteiger partial charge on any atom is -0.354 e. The molecule has 1 nitrogen and oxygen atoms in total. The molecule has 0 fully saturated rings. The van der Waals surface area contributed by atoms with Gasteiger partial charge in [-0.3, -0.25) is 0 Å². The number of H-pyrrole nitrogens is 1. The second-order valence-corrected chi connectivity index (χ2v) is 1.16. The molecule has 0 bridgehead atoms. The van der Waals surface area contributed by atoms with Gasteiger partial charge in [0, 0.05) is 12.3 Å². The van der Waals surface area contributed by atoms with Gasteiger partial charge in [-0.05, 0) is 6.07 Å². The quantitative estimate of drug-likeness (QED) is 0.453. The van der Waals surface area contributed by atoms with Gasteiger partial charge in [0.15, 0.2) is 0 Å². The van der Waals surface area contributed by atoms with Crippen LogP contribution in [0, 0.1) is 18.4 Å². The first-order chi connectivity index (χ1) is 3.43. The van der Waals surface area contributed by atoms with Crippen molar-refractivity contribution in [2.45, 2.75) is 0 Å². The number of hydrogen-bond donors (Lipinski definition) is 1. The second kappa shape index (κ2) is 1.53. The van der Waals surface area contributed by atoms with E-state index in [4.69, 9.17) is 6.42 Å². The maximum absolute atomic E-state index is 4.99. The number of aromatic nitrogens is 1. The molecule has 0 spiro atoms. The van der Waals surface area contributed by atoms with Crippen LogP contribution in [0.15, 0.2) is 12.3 Å². The average Bonchev–Trinajstić information content (AvgIpc) is 2.14. The van der Waals surface area contributed by atoms with Crippen molar-refractivity contribution in [1.82, 2.24) is 4.98 Å². The highest BCUT2D eigenvalue weighted by Gasteiger charge is 1.77. The Balaban J connectivity index is 3.04. The van der Waals surface area contributed by atoms with Crippen LogP contribution in [-0.4, -0.2) is 4.98 Å². The van der Waals surface area contributed by atoms with Crippen LogP contribution in [0.3, 0.4) is 0 Å². The van der Waals surface area contributed by atoms with Crippen molar-refractivity contribution >= 4 is 0 Å². The van der Waals surface area contributed by atoms with Crippen LogP contribution in [0.1, 0.15) is 5.69 Å². The van der Waals surface area contributed by atoms with Crippen molar-refractivity contribution in [1.29, 1.82) is 0 Å². The molecular weight excluding hydrogens is 86.1 g/mol. The minimum atomic E-state index is 0.778. The maximum Gasteiger partial charge on any atom is 0.0897 e. The van der Waals surface area contributed by atoms with E-state index < -0.39 is 0 Å². The van der Waals surface area contributed by atoms with Gasteiger partial charge in [0.05, 0.1) is 5.69 Å². The summed E-state index contributed by atoms with van der Waals surface area (Å²) in [6.07, 6.45) is 6.67. The van der Waals surface area contributed by atoms with Crippen molar-refractivity contribution < 1.29 is 0 Å². The van der Waals surface area contributed by atoms with E-state index in [0.29, 0.717) is 0 Å². The molecule has 0 aliphatic heterocycles. The summed E-state index contributed by atoms with van der Waals surface area (Å²) in [6.45, 7) is 0. The molecule has 1 heterocycles. The normalized spacial score (nSPS) is 7.86. The summed E-state index contributed by atoms with van der Waals surface area (Å²) in [5.74, 6) is 2.42. The number of terminal acetylenes is 1. The fourth-order valence-corrected chi connectivity index (χ4v) is 0.369. The molecule has 33 valence electrons. The van der Waals surface area contributed by atoms with Crippen LogP contribution in [0.25, 0.3) is 0 Å². The molecule has 0 unspecified atom stereocenters. The Morgan fingerprint density at radius 2 is 2.71 bits per heavy atom. The largest absolute Gasteiger partial charge is 0.354 e. The van der Waals surface area contributed by atoms with Crippen LogP contribution in [0.2, 0.25) is 0 Å². The lowest BCUT2D eigenvalue weighted by atomic mass is 10.5. The molecule has 1 aromatic heterocycles. The third kappa shape index (κ3) is 0.635. The highest BCUT2D eigenvalue weighted by Crippen LogP contribution is 1.86. The molecule has 0 aliphatic rings. The number of rotatable bonds is 0. The number of nitrogens with one attached hydrogen (secondary N) is 1. The van der Waals surface area contributed by atoms with Crippen LogP contribution in [0.5, 0.6) is 0 Å². The van der Waals surface area contributed by atoms with Gasteiger partial charge < -0.3 is 4.98 Å². The van der Waals surface area contributed by atoms with Gasteiger partial charge in [0.25, 0.3) is 0 Å². The van der Waals surface area contributed by atoms with E-state index in [-0.39, 0.29) is 0 Å². The van der Waals surface area contributed by atoms with E-state index in [9.17, 15) is 0 Å². The summed E-state index contributed by atoms with van der Waals surface area (Å²) >= 11 is 0. The Hall–Kier alpha value is -1.16. The summed E-state index contributed by atoms with van der Waals surface area (Å²) in [5.41, 5.74) is 0.778. The third-order valence-electron chi connectivity index (χ3n) is 0.694. The van der Waals surface area contributed by atoms with Crippen LogP contribution in [-0.2, 0) is 0 Å². The lowest BCUT2D eigenvalue weighted by Crippen LogP contribution is -1.64. The summed E-state index contributed by atoms with van der Waals surface area (Å²) < 4.78 is 0. The fourth-order valence-electron chi connectivity index (χ4n) is 0.369. The topological polar surface area (TPSA) is 15.8 Å². The first-order valence-electron chi connectivity index (χ1n) is 1.94. The van der Waals surface area contributed by atoms with E-state index in [1.54, 1.807) is 12.3 Å². The Morgan fingerprint density at radius 1 is 1.86 bits per heavy atom. The maximum atomic E-state index is 4.99. The predicted molar refractivity (Wildman–Crippen MR) is 27.6 cm³/mol. The van der Waals surface area contributed by atoms with Crippen LogP contribution < -0.4 is 0 Å². The van der Waals surface area contributed by atoms with E-state index in [1.165, 1.54) is 0 Å². The molecule has 1 N–H and O–H groups in total. The van der Waals surface area contributed by atoms with Crippen LogP contribution >= 0.6 is 0 Å². The zero-order valence-electron chi connectivity index (χ0n) is 3.73. The summed E-state index contributed by atoms with van der Waals surface area (Å²) in [5, 5.41) is 0. The molecule has 0 aliphatic carbocycles. The van der Waals surface area contributed by atoms with Crippen molar-refractivity contribution in [2.75, 3.05) is 0 Å².